The number of pyridine rings is 1. The molecule has 2 heterocycles. The normalized spacial score (nSPS) is 18.8. The molecule has 1 aliphatic heterocycles. The molecule has 3 N–H and O–H groups in total. The largest absolute Gasteiger partial charge is 0.378 e. The van der Waals surface area contributed by atoms with E-state index in [0.29, 0.717) is 0 Å². The van der Waals surface area contributed by atoms with Crippen molar-refractivity contribution >= 4 is 16.7 Å². The first-order valence-electron chi connectivity index (χ1n) is 7.28. The molecular weight excluding hydrogens is 264 g/mol. The molecule has 5 nitrogen and oxygen atoms in total. The van der Waals surface area contributed by atoms with E-state index in [-0.39, 0.29) is 5.54 Å². The fourth-order valence-corrected chi connectivity index (χ4v) is 2.79. The zero-order valence-corrected chi connectivity index (χ0v) is 12.6. The van der Waals surface area contributed by atoms with Gasteiger partial charge in [0.1, 0.15) is 5.82 Å². The fourth-order valence-electron chi connectivity index (χ4n) is 2.79. The molecule has 1 fully saturated rings. The lowest BCUT2D eigenvalue weighted by molar-refractivity contribution is -0.0552. The van der Waals surface area contributed by atoms with Gasteiger partial charge in [-0.15, -0.1) is 0 Å². The Hall–Kier alpha value is -1.69. The number of rotatable bonds is 3. The molecule has 0 aliphatic carbocycles. The summed E-state index contributed by atoms with van der Waals surface area (Å²) in [5, 5.41) is 1.14. The molecule has 1 aromatic carbocycles. The molecule has 1 aliphatic rings. The number of benzene rings is 1. The van der Waals surface area contributed by atoms with Crippen LogP contribution in [0.2, 0.25) is 0 Å². The standard InChI is InChI=1S/C16H22N4O/c1-16(2)11-21-8-7-20(16)10-13-9-12-5-3-4-6-14(12)18-15(13)19-17/h3-6,9H,7-8,10-11,17H2,1-2H3,(H,18,19). The maximum absolute atomic E-state index is 5.66. The van der Waals surface area contributed by atoms with Crippen molar-refractivity contribution in [1.29, 1.82) is 0 Å². The van der Waals surface area contributed by atoms with E-state index in [0.717, 1.165) is 48.6 Å². The quantitative estimate of drug-likeness (QED) is 0.668. The molecule has 0 spiro atoms. The number of hydrazine groups is 1. The van der Waals surface area contributed by atoms with E-state index >= 15 is 0 Å². The van der Waals surface area contributed by atoms with Crippen LogP contribution in [-0.2, 0) is 11.3 Å². The summed E-state index contributed by atoms with van der Waals surface area (Å²) in [4.78, 5) is 7.03. The van der Waals surface area contributed by atoms with Crippen LogP contribution in [0.1, 0.15) is 19.4 Å². The molecule has 1 aromatic heterocycles. The SMILES string of the molecule is CC1(C)COCCN1Cc1cc2ccccc2nc1NN. The van der Waals surface area contributed by atoms with Crippen LogP contribution in [0.3, 0.4) is 0 Å². The van der Waals surface area contributed by atoms with Crippen molar-refractivity contribution < 1.29 is 4.74 Å². The third kappa shape index (κ3) is 2.85. The second-order valence-electron chi connectivity index (χ2n) is 6.12. The highest BCUT2D eigenvalue weighted by Crippen LogP contribution is 2.26. The molecule has 1 saturated heterocycles. The number of hydrogen-bond acceptors (Lipinski definition) is 5. The lowest BCUT2D eigenvalue weighted by Crippen LogP contribution is -2.52. The number of nitrogens with two attached hydrogens (primary N) is 1. The van der Waals surface area contributed by atoms with Gasteiger partial charge in [0.25, 0.3) is 0 Å². The summed E-state index contributed by atoms with van der Waals surface area (Å²) in [5.41, 5.74) is 4.83. The van der Waals surface area contributed by atoms with Crippen molar-refractivity contribution in [2.75, 3.05) is 25.2 Å². The molecule has 0 amide bonds. The molecule has 2 aromatic rings. The minimum Gasteiger partial charge on any atom is -0.378 e. The average Bonchev–Trinajstić information content (AvgIpc) is 2.48. The van der Waals surface area contributed by atoms with Crippen molar-refractivity contribution in [1.82, 2.24) is 9.88 Å². The summed E-state index contributed by atoms with van der Waals surface area (Å²) in [7, 11) is 0. The van der Waals surface area contributed by atoms with Gasteiger partial charge in [-0.25, -0.2) is 10.8 Å². The van der Waals surface area contributed by atoms with E-state index in [4.69, 9.17) is 10.6 Å². The van der Waals surface area contributed by atoms with Gasteiger partial charge in [-0.1, -0.05) is 18.2 Å². The van der Waals surface area contributed by atoms with Gasteiger partial charge in [0.2, 0.25) is 0 Å². The Morgan fingerprint density at radius 2 is 2.19 bits per heavy atom. The smallest absolute Gasteiger partial charge is 0.145 e. The van der Waals surface area contributed by atoms with Crippen LogP contribution in [0.4, 0.5) is 5.82 Å². The lowest BCUT2D eigenvalue weighted by Gasteiger charge is -2.42. The lowest BCUT2D eigenvalue weighted by atomic mass is 10.0. The van der Waals surface area contributed by atoms with Crippen LogP contribution in [0.25, 0.3) is 10.9 Å². The third-order valence-corrected chi connectivity index (χ3v) is 4.12. The third-order valence-electron chi connectivity index (χ3n) is 4.12. The number of hydrogen-bond donors (Lipinski definition) is 2. The van der Waals surface area contributed by atoms with Gasteiger partial charge in [-0.05, 0) is 26.0 Å². The maximum atomic E-state index is 5.66. The van der Waals surface area contributed by atoms with Crippen LogP contribution in [0, 0.1) is 0 Å². The first-order valence-corrected chi connectivity index (χ1v) is 7.28. The number of para-hydroxylation sites is 1. The van der Waals surface area contributed by atoms with E-state index in [1.807, 2.05) is 18.2 Å². The Kier molecular flexibility index (Phi) is 3.80. The summed E-state index contributed by atoms with van der Waals surface area (Å²) >= 11 is 0. The fraction of sp³-hybridized carbons (Fsp3) is 0.438. The van der Waals surface area contributed by atoms with E-state index in [1.54, 1.807) is 0 Å². The second-order valence-corrected chi connectivity index (χ2v) is 6.12. The summed E-state index contributed by atoms with van der Waals surface area (Å²) in [6.07, 6.45) is 0. The van der Waals surface area contributed by atoms with Crippen LogP contribution in [0.15, 0.2) is 30.3 Å². The number of nitrogen functional groups attached to an aromatic ring is 1. The van der Waals surface area contributed by atoms with Gasteiger partial charge in [0, 0.05) is 29.6 Å². The zero-order valence-electron chi connectivity index (χ0n) is 12.6. The van der Waals surface area contributed by atoms with E-state index in [1.165, 1.54) is 0 Å². The Morgan fingerprint density at radius 3 is 2.95 bits per heavy atom. The summed E-state index contributed by atoms with van der Waals surface area (Å²) in [6.45, 7) is 7.67. The van der Waals surface area contributed by atoms with Gasteiger partial charge in [0.15, 0.2) is 0 Å². The first-order chi connectivity index (χ1) is 10.1. The monoisotopic (exact) mass is 286 g/mol. The molecular formula is C16H22N4O. The van der Waals surface area contributed by atoms with E-state index < -0.39 is 0 Å². The predicted molar refractivity (Wildman–Crippen MR) is 84.9 cm³/mol. The highest BCUT2D eigenvalue weighted by atomic mass is 16.5. The number of nitrogens with zero attached hydrogens (tertiary/aromatic N) is 2. The maximum Gasteiger partial charge on any atom is 0.145 e. The van der Waals surface area contributed by atoms with Gasteiger partial charge in [0.05, 0.1) is 18.7 Å². The molecule has 0 saturated carbocycles. The summed E-state index contributed by atoms with van der Waals surface area (Å²) in [6, 6.07) is 10.3. The number of fused-ring (bicyclic) bond motifs is 1. The van der Waals surface area contributed by atoms with Gasteiger partial charge in [-0.3, -0.25) is 4.90 Å². The number of morpholine rings is 1. The second kappa shape index (κ2) is 5.60. The van der Waals surface area contributed by atoms with Crippen LogP contribution < -0.4 is 11.3 Å². The Morgan fingerprint density at radius 1 is 1.38 bits per heavy atom. The molecule has 0 radical (unpaired) electrons. The Labute approximate surface area is 125 Å². The predicted octanol–water partition coefficient (Wildman–Crippen LogP) is 2.13. The first kappa shape index (κ1) is 14.3. The van der Waals surface area contributed by atoms with Crippen molar-refractivity contribution in [2.45, 2.75) is 25.9 Å². The highest BCUT2D eigenvalue weighted by molar-refractivity contribution is 5.81. The van der Waals surface area contributed by atoms with Crippen molar-refractivity contribution in [3.8, 4) is 0 Å². The van der Waals surface area contributed by atoms with Crippen LogP contribution in [-0.4, -0.2) is 35.2 Å². The summed E-state index contributed by atoms with van der Waals surface area (Å²) in [5.74, 6) is 6.40. The zero-order chi connectivity index (χ0) is 14.9. The van der Waals surface area contributed by atoms with Crippen molar-refractivity contribution in [2.24, 2.45) is 5.84 Å². The van der Waals surface area contributed by atoms with E-state index in [9.17, 15) is 0 Å². The summed E-state index contributed by atoms with van der Waals surface area (Å²) < 4.78 is 5.58. The van der Waals surface area contributed by atoms with Gasteiger partial charge in [-0.2, -0.15) is 0 Å². The molecule has 0 unspecified atom stereocenters. The molecule has 0 bridgehead atoms. The Balaban J connectivity index is 1.95. The van der Waals surface area contributed by atoms with E-state index in [2.05, 4.69) is 41.3 Å². The molecule has 112 valence electrons. The van der Waals surface area contributed by atoms with Crippen molar-refractivity contribution in [3.63, 3.8) is 0 Å². The number of ether oxygens (including phenoxy) is 1. The highest BCUT2D eigenvalue weighted by Gasteiger charge is 2.30. The van der Waals surface area contributed by atoms with Crippen LogP contribution in [0.5, 0.6) is 0 Å². The Bertz CT molecular complexity index is 641. The molecule has 0 atom stereocenters. The molecule has 5 heteroatoms. The molecule has 3 rings (SSSR count). The minimum absolute atomic E-state index is 0.0236. The van der Waals surface area contributed by atoms with Crippen LogP contribution >= 0.6 is 0 Å². The number of nitrogens with one attached hydrogen (secondary N) is 1. The minimum atomic E-state index is 0.0236. The number of aromatic nitrogens is 1. The van der Waals surface area contributed by atoms with Gasteiger partial charge < -0.3 is 10.2 Å². The van der Waals surface area contributed by atoms with Crippen molar-refractivity contribution in [3.05, 3.63) is 35.9 Å². The number of anilines is 1. The van der Waals surface area contributed by atoms with Gasteiger partial charge >= 0.3 is 0 Å². The topological polar surface area (TPSA) is 63.4 Å². The average molecular weight is 286 g/mol. The molecule has 21 heavy (non-hydrogen) atoms.